The van der Waals surface area contributed by atoms with Crippen LogP contribution in [0, 0.1) is 5.92 Å². The standard InChI is InChI=1S/C22H37N5S.HI/c1-18(2)20(27-14-12-26(4)13-15-27)16-24-21(23-3)25-17-22(10-11-22)28-19-8-6-5-7-9-19;/h5-9,18,20H,10-17H2,1-4H3,(H2,23,24,25);1H. The van der Waals surface area contributed by atoms with Gasteiger partial charge >= 0.3 is 0 Å². The first-order valence-corrected chi connectivity index (χ1v) is 11.4. The van der Waals surface area contributed by atoms with Crippen LogP contribution in [0.15, 0.2) is 40.2 Å². The van der Waals surface area contributed by atoms with E-state index in [4.69, 9.17) is 0 Å². The minimum atomic E-state index is 0. The van der Waals surface area contributed by atoms with Gasteiger partial charge in [-0.25, -0.2) is 0 Å². The summed E-state index contributed by atoms with van der Waals surface area (Å²) in [4.78, 5) is 10.9. The molecule has 1 aromatic rings. The summed E-state index contributed by atoms with van der Waals surface area (Å²) in [6, 6.07) is 11.3. The van der Waals surface area contributed by atoms with Gasteiger partial charge in [-0.05, 0) is 37.9 Å². The molecule has 7 heteroatoms. The van der Waals surface area contributed by atoms with Crippen LogP contribution in [0.5, 0.6) is 0 Å². The van der Waals surface area contributed by atoms with Gasteiger partial charge in [-0.2, -0.15) is 0 Å². The Morgan fingerprint density at radius 1 is 1.10 bits per heavy atom. The van der Waals surface area contributed by atoms with Gasteiger partial charge < -0.3 is 15.5 Å². The summed E-state index contributed by atoms with van der Waals surface area (Å²) in [5.41, 5.74) is 0. The average molecular weight is 532 g/mol. The number of likely N-dealkylation sites (N-methyl/N-ethyl adjacent to an activating group) is 1. The summed E-state index contributed by atoms with van der Waals surface area (Å²) in [5, 5.41) is 7.19. The third-order valence-electron chi connectivity index (χ3n) is 5.94. The van der Waals surface area contributed by atoms with Gasteiger partial charge in [-0.1, -0.05) is 32.0 Å². The molecule has 0 aromatic heterocycles. The van der Waals surface area contributed by atoms with E-state index in [9.17, 15) is 0 Å². The average Bonchev–Trinajstić information content (AvgIpc) is 3.46. The predicted octanol–water partition coefficient (Wildman–Crippen LogP) is 3.37. The van der Waals surface area contributed by atoms with E-state index >= 15 is 0 Å². The molecule has 1 aromatic carbocycles. The molecule has 2 fully saturated rings. The molecule has 0 spiro atoms. The zero-order chi connectivity index (χ0) is 20.0. The van der Waals surface area contributed by atoms with E-state index in [0.717, 1.165) is 45.2 Å². The second-order valence-electron chi connectivity index (χ2n) is 8.56. The SMILES string of the molecule is CN=C(NCC(C(C)C)N1CCN(C)CC1)NCC1(Sc2ccccc2)CC1.I. The maximum atomic E-state index is 4.47. The fourth-order valence-corrected chi connectivity index (χ4v) is 5.04. The summed E-state index contributed by atoms with van der Waals surface area (Å²) < 4.78 is 0.327. The molecular weight excluding hydrogens is 493 g/mol. The second kappa shape index (κ2) is 11.8. The maximum absolute atomic E-state index is 4.47. The van der Waals surface area contributed by atoms with Gasteiger partial charge in [0.05, 0.1) is 0 Å². The van der Waals surface area contributed by atoms with Crippen molar-refractivity contribution >= 4 is 41.7 Å². The highest BCUT2D eigenvalue weighted by molar-refractivity contribution is 14.0. The molecule has 1 aliphatic heterocycles. The Balaban J connectivity index is 0.00000300. The number of halogens is 1. The number of hydrogen-bond donors (Lipinski definition) is 2. The molecular formula is C22H38IN5S. The second-order valence-corrected chi connectivity index (χ2v) is 10.1. The van der Waals surface area contributed by atoms with Crippen LogP contribution in [-0.4, -0.2) is 79.9 Å². The molecule has 164 valence electrons. The minimum Gasteiger partial charge on any atom is -0.355 e. The van der Waals surface area contributed by atoms with Crippen molar-refractivity contribution in [2.45, 2.75) is 42.4 Å². The summed E-state index contributed by atoms with van der Waals surface area (Å²) >= 11 is 2.00. The molecule has 1 saturated heterocycles. The Bertz CT molecular complexity index is 627. The van der Waals surface area contributed by atoms with E-state index in [2.05, 4.69) is 76.7 Å². The Kier molecular flexibility index (Phi) is 10.0. The predicted molar refractivity (Wildman–Crippen MR) is 137 cm³/mol. The van der Waals surface area contributed by atoms with Crippen LogP contribution in [0.1, 0.15) is 26.7 Å². The third-order valence-corrected chi connectivity index (χ3v) is 7.44. The number of nitrogens with zero attached hydrogens (tertiary/aromatic N) is 3. The number of benzene rings is 1. The molecule has 0 radical (unpaired) electrons. The van der Waals surface area contributed by atoms with Crippen LogP contribution in [0.3, 0.4) is 0 Å². The number of aliphatic imine (C=N–C) groups is 1. The van der Waals surface area contributed by atoms with Crippen molar-refractivity contribution in [3.63, 3.8) is 0 Å². The number of nitrogens with one attached hydrogen (secondary N) is 2. The Morgan fingerprint density at radius 3 is 2.31 bits per heavy atom. The molecule has 2 N–H and O–H groups in total. The first-order valence-electron chi connectivity index (χ1n) is 10.6. The van der Waals surface area contributed by atoms with Crippen molar-refractivity contribution in [1.82, 2.24) is 20.4 Å². The highest BCUT2D eigenvalue weighted by Crippen LogP contribution is 2.51. The number of thioether (sulfide) groups is 1. The minimum absolute atomic E-state index is 0. The van der Waals surface area contributed by atoms with Crippen LogP contribution in [-0.2, 0) is 0 Å². The van der Waals surface area contributed by atoms with Gasteiger partial charge in [-0.15, -0.1) is 35.7 Å². The van der Waals surface area contributed by atoms with Crippen molar-refractivity contribution in [2.24, 2.45) is 10.9 Å². The Labute approximate surface area is 198 Å². The van der Waals surface area contributed by atoms with Crippen molar-refractivity contribution in [2.75, 3.05) is 53.4 Å². The topological polar surface area (TPSA) is 42.9 Å². The van der Waals surface area contributed by atoms with Gasteiger partial charge in [0.25, 0.3) is 0 Å². The summed E-state index contributed by atoms with van der Waals surface area (Å²) in [6.45, 7) is 11.2. The normalized spacial score (nSPS) is 20.8. The summed E-state index contributed by atoms with van der Waals surface area (Å²) in [5.74, 6) is 1.55. The zero-order valence-electron chi connectivity index (χ0n) is 18.4. The Hall–Kier alpha value is -0.510. The van der Waals surface area contributed by atoms with Crippen LogP contribution < -0.4 is 10.6 Å². The lowest BCUT2D eigenvalue weighted by Gasteiger charge is -2.40. The molecule has 1 saturated carbocycles. The van der Waals surface area contributed by atoms with E-state index in [1.807, 2.05) is 18.8 Å². The maximum Gasteiger partial charge on any atom is 0.191 e. The van der Waals surface area contributed by atoms with Gasteiger partial charge in [0.2, 0.25) is 0 Å². The molecule has 29 heavy (non-hydrogen) atoms. The summed E-state index contributed by atoms with van der Waals surface area (Å²) in [7, 11) is 4.09. The molecule has 0 amide bonds. The molecule has 1 heterocycles. The first kappa shape index (κ1) is 24.8. The fraction of sp³-hybridized carbons (Fsp3) is 0.682. The monoisotopic (exact) mass is 531 g/mol. The van der Waals surface area contributed by atoms with Crippen molar-refractivity contribution < 1.29 is 0 Å². The molecule has 1 atom stereocenters. The van der Waals surface area contributed by atoms with Crippen molar-refractivity contribution in [3.05, 3.63) is 30.3 Å². The van der Waals surface area contributed by atoms with E-state index < -0.39 is 0 Å². The largest absolute Gasteiger partial charge is 0.355 e. The smallest absolute Gasteiger partial charge is 0.191 e. The molecule has 2 aliphatic rings. The van der Waals surface area contributed by atoms with Crippen molar-refractivity contribution in [1.29, 1.82) is 0 Å². The number of hydrogen-bond acceptors (Lipinski definition) is 4. The van der Waals surface area contributed by atoms with Crippen LogP contribution in [0.4, 0.5) is 0 Å². The van der Waals surface area contributed by atoms with Crippen LogP contribution in [0.2, 0.25) is 0 Å². The number of rotatable bonds is 8. The molecule has 1 unspecified atom stereocenters. The van der Waals surface area contributed by atoms with E-state index in [1.54, 1.807) is 0 Å². The Morgan fingerprint density at radius 2 is 1.76 bits per heavy atom. The molecule has 0 bridgehead atoms. The summed E-state index contributed by atoms with van der Waals surface area (Å²) in [6.07, 6.45) is 2.54. The van der Waals surface area contributed by atoms with E-state index in [0.29, 0.717) is 16.7 Å². The fourth-order valence-electron chi connectivity index (χ4n) is 3.80. The van der Waals surface area contributed by atoms with Crippen LogP contribution in [0.25, 0.3) is 0 Å². The number of guanidine groups is 1. The molecule has 1 aliphatic carbocycles. The van der Waals surface area contributed by atoms with E-state index in [-0.39, 0.29) is 24.0 Å². The highest BCUT2D eigenvalue weighted by atomic mass is 127. The van der Waals surface area contributed by atoms with Gasteiger partial charge in [0.15, 0.2) is 5.96 Å². The number of piperazine rings is 1. The highest BCUT2D eigenvalue weighted by Gasteiger charge is 2.43. The van der Waals surface area contributed by atoms with E-state index in [1.165, 1.54) is 17.7 Å². The lowest BCUT2D eigenvalue weighted by Crippen LogP contribution is -2.55. The quantitative estimate of drug-likeness (QED) is 0.306. The van der Waals surface area contributed by atoms with Crippen LogP contribution >= 0.6 is 35.7 Å². The van der Waals surface area contributed by atoms with Gasteiger partial charge in [-0.3, -0.25) is 9.89 Å². The third kappa shape index (κ3) is 7.60. The lowest BCUT2D eigenvalue weighted by molar-refractivity contribution is 0.0900. The van der Waals surface area contributed by atoms with Gasteiger partial charge in [0, 0.05) is 62.0 Å². The molecule has 3 rings (SSSR count). The lowest BCUT2D eigenvalue weighted by atomic mass is 10.0. The van der Waals surface area contributed by atoms with Gasteiger partial charge in [0.1, 0.15) is 0 Å². The molecule has 5 nitrogen and oxygen atoms in total. The first-order chi connectivity index (χ1) is 13.5. The zero-order valence-corrected chi connectivity index (χ0v) is 21.5. The van der Waals surface area contributed by atoms with Crippen molar-refractivity contribution in [3.8, 4) is 0 Å².